The largest absolute Gasteiger partial charge is 0.396 e. The Kier molecular flexibility index (Phi) is 50.0. The first kappa shape index (κ1) is 79.4. The Morgan fingerprint density at radius 1 is 0.366 bits per heavy atom. The summed E-state index contributed by atoms with van der Waals surface area (Å²) >= 11 is 0. The van der Waals surface area contributed by atoms with Gasteiger partial charge in [0.15, 0.2) is 12.6 Å². The lowest BCUT2D eigenvalue weighted by molar-refractivity contribution is -0.246. The van der Waals surface area contributed by atoms with Crippen molar-refractivity contribution in [3.63, 3.8) is 0 Å². The van der Waals surface area contributed by atoms with Gasteiger partial charge < -0.3 is 138 Å². The molecule has 0 radical (unpaired) electrons. The van der Waals surface area contributed by atoms with E-state index in [0.29, 0.717) is 0 Å². The fourth-order valence-electron chi connectivity index (χ4n) is 6.77. The Balaban J connectivity index is 4.69. The Bertz CT molecular complexity index is 1440. The number of carbonyl (C=O) groups excluding carboxylic acids is 3. The maximum atomic E-state index is 12.5. The number of amides is 3. The van der Waals surface area contributed by atoms with Gasteiger partial charge >= 0.3 is 0 Å². The highest BCUT2D eigenvalue weighted by Gasteiger charge is 2.36. The van der Waals surface area contributed by atoms with E-state index < -0.39 is 79.0 Å². The molecule has 13 N–H and O–H groups in total. The molecule has 0 saturated carbocycles. The summed E-state index contributed by atoms with van der Waals surface area (Å²) in [6.45, 7) is 7.89. The van der Waals surface area contributed by atoms with Gasteiger partial charge in [0.1, 0.15) is 24.4 Å². The Morgan fingerprint density at radius 3 is 0.902 bits per heavy atom. The lowest BCUT2D eigenvalue weighted by Crippen LogP contribution is -2.49. The van der Waals surface area contributed by atoms with Crippen LogP contribution in [0, 0.1) is 17.3 Å². The van der Waals surface area contributed by atoms with E-state index in [1.54, 1.807) is 0 Å². The van der Waals surface area contributed by atoms with Crippen LogP contribution in [0.1, 0.15) is 40.0 Å². The minimum atomic E-state index is -1.77. The summed E-state index contributed by atoms with van der Waals surface area (Å²) in [4.78, 5) is 37.5. The molecule has 0 aliphatic carbocycles. The zero-order valence-corrected chi connectivity index (χ0v) is 48.8. The zero-order valence-electron chi connectivity index (χ0n) is 48.8. The van der Waals surface area contributed by atoms with Gasteiger partial charge in [-0.25, -0.2) is 0 Å². The van der Waals surface area contributed by atoms with E-state index in [1.165, 1.54) is 35.2 Å². The third kappa shape index (κ3) is 39.9. The van der Waals surface area contributed by atoms with Crippen molar-refractivity contribution in [2.75, 3.05) is 193 Å². The number of rotatable bonds is 59. The van der Waals surface area contributed by atoms with Gasteiger partial charge in [-0.05, 0) is 0 Å². The van der Waals surface area contributed by atoms with Crippen LogP contribution < -0.4 is 16.0 Å². The molecule has 0 fully saturated rings. The van der Waals surface area contributed by atoms with Gasteiger partial charge in [-0.3, -0.25) is 14.4 Å². The van der Waals surface area contributed by atoms with E-state index in [9.17, 15) is 55.2 Å². The Hall–Kier alpha value is -2.59. The highest BCUT2D eigenvalue weighted by molar-refractivity contribution is 5.76. The van der Waals surface area contributed by atoms with Crippen molar-refractivity contribution in [3.05, 3.63) is 0 Å². The van der Waals surface area contributed by atoms with Gasteiger partial charge in [0.25, 0.3) is 0 Å². The molecule has 0 aromatic rings. The van der Waals surface area contributed by atoms with Crippen LogP contribution in [0.25, 0.3) is 0 Å². The molecule has 0 rings (SSSR count). The minimum absolute atomic E-state index is 0.000124. The maximum Gasteiger partial charge on any atom is 0.222 e. The summed E-state index contributed by atoms with van der Waals surface area (Å²) in [5, 5.41) is 106. The molecular formula is C51H101N3O28. The van der Waals surface area contributed by atoms with Crippen molar-refractivity contribution >= 4 is 17.7 Å². The molecule has 0 aromatic carbocycles. The van der Waals surface area contributed by atoms with Crippen LogP contribution in [0.2, 0.25) is 0 Å². The van der Waals surface area contributed by atoms with Gasteiger partial charge in [-0.15, -0.1) is 0 Å². The van der Waals surface area contributed by atoms with Crippen LogP contribution in [-0.2, 0) is 85.4 Å². The van der Waals surface area contributed by atoms with E-state index >= 15 is 0 Å². The summed E-state index contributed by atoms with van der Waals surface area (Å²) in [6, 6.07) is 0. The molecule has 0 aromatic heterocycles. The fraction of sp³-hybridized carbons (Fsp3) is 0.941. The Morgan fingerprint density at radius 2 is 0.634 bits per heavy atom. The molecular weight excluding hydrogens is 1100 g/mol. The topological polar surface area (TPSA) is 428 Å². The van der Waals surface area contributed by atoms with Crippen molar-refractivity contribution in [1.82, 2.24) is 16.0 Å². The summed E-state index contributed by atoms with van der Waals surface area (Å²) in [5.74, 6) is -2.16. The molecule has 31 nitrogen and oxygen atoms in total. The molecule has 0 heterocycles. The normalized spacial score (nSPS) is 16.8. The van der Waals surface area contributed by atoms with E-state index in [0.717, 1.165) is 0 Å². The van der Waals surface area contributed by atoms with E-state index in [-0.39, 0.29) is 209 Å². The van der Waals surface area contributed by atoms with Crippen LogP contribution in [0.15, 0.2) is 0 Å². The molecule has 0 aliphatic rings. The summed E-state index contributed by atoms with van der Waals surface area (Å²) in [5.41, 5.74) is -0.738. The second-order valence-corrected chi connectivity index (χ2v) is 19.0. The molecule has 11 unspecified atom stereocenters. The number of nitrogens with one attached hydrogen (secondary N) is 3. The van der Waals surface area contributed by atoms with Crippen LogP contribution >= 0.6 is 0 Å². The smallest absolute Gasteiger partial charge is 0.222 e. The van der Waals surface area contributed by atoms with Gasteiger partial charge in [0, 0.05) is 90.7 Å². The second-order valence-electron chi connectivity index (χ2n) is 19.0. The molecule has 0 spiro atoms. The van der Waals surface area contributed by atoms with Gasteiger partial charge in [-0.1, -0.05) is 20.8 Å². The summed E-state index contributed by atoms with van der Waals surface area (Å²) < 4.78 is 81.1. The van der Waals surface area contributed by atoms with Crippen molar-refractivity contribution < 1.29 is 137 Å². The summed E-state index contributed by atoms with van der Waals surface area (Å²) in [6.07, 6.45) is -14.4. The maximum absolute atomic E-state index is 12.5. The monoisotopic (exact) mass is 1200 g/mol. The van der Waals surface area contributed by atoms with Gasteiger partial charge in [0.2, 0.25) is 30.3 Å². The van der Waals surface area contributed by atoms with E-state index in [4.69, 9.17) is 81.3 Å². The SMILES string of the molecule is COC(OCCOCCOCCNC(=O)CCOCC(C)(COCCC(=O)NCCOCCOCCOC(OC)C(O)C(O)C(O)C(C)CO)COCCC(=O)NCCOCCOCCOC(OC)C(O)C(O)C(O)C(C)CO)C(O)O. The van der Waals surface area contributed by atoms with Gasteiger partial charge in [-0.2, -0.15) is 0 Å². The van der Waals surface area contributed by atoms with Crippen molar-refractivity contribution in [2.45, 2.75) is 102 Å². The number of hydrogen-bond donors (Lipinski definition) is 13. The third-order valence-electron chi connectivity index (χ3n) is 11.8. The average molecular weight is 1200 g/mol. The first-order chi connectivity index (χ1) is 39.3. The van der Waals surface area contributed by atoms with Crippen molar-refractivity contribution in [1.29, 1.82) is 0 Å². The lowest BCUT2D eigenvalue weighted by atomic mass is 9.94. The highest BCUT2D eigenvalue weighted by atomic mass is 16.7. The van der Waals surface area contributed by atoms with Crippen LogP contribution in [-0.4, -0.2) is 323 Å². The number of aliphatic hydroxyl groups is 10. The predicted molar refractivity (Wildman–Crippen MR) is 285 cm³/mol. The lowest BCUT2D eigenvalue weighted by Gasteiger charge is -2.30. The first-order valence-electron chi connectivity index (χ1n) is 27.4. The van der Waals surface area contributed by atoms with Crippen LogP contribution in [0.3, 0.4) is 0 Å². The van der Waals surface area contributed by atoms with Crippen LogP contribution in [0.5, 0.6) is 0 Å². The standard InChI is InChI=1S/C51H101N3O28/c1-36(31-55)41(60)43(62)45(64)48(68-4)80-28-25-74-22-19-71-16-10-52-38(57)7-13-77-33-51(3,35-79-15-9-40(59)54-12-18-73-21-24-76-27-30-82-50(70-6)47(66)67)34-78-14-8-39(58)53-11-17-72-20-23-75-26-29-81-49(69-5)46(65)44(63)42(61)37(2)32-56/h36-37,41-50,55-56,60-67H,7-35H2,1-6H3,(H,52,57)(H,53,58)(H,54,59). The summed E-state index contributed by atoms with van der Waals surface area (Å²) in [7, 11) is 3.81. The molecule has 488 valence electrons. The molecule has 3 amide bonds. The number of hydrogen-bond acceptors (Lipinski definition) is 28. The Labute approximate surface area is 481 Å². The van der Waals surface area contributed by atoms with Crippen molar-refractivity contribution in [3.8, 4) is 0 Å². The second kappa shape index (κ2) is 51.6. The highest BCUT2D eigenvalue weighted by Crippen LogP contribution is 2.20. The number of carbonyl (C=O) groups is 3. The molecule has 0 saturated heterocycles. The molecule has 0 bridgehead atoms. The number of aliphatic hydroxyl groups excluding tert-OH is 9. The minimum Gasteiger partial charge on any atom is -0.396 e. The first-order valence-corrected chi connectivity index (χ1v) is 27.4. The van der Waals surface area contributed by atoms with Gasteiger partial charge in [0.05, 0.1) is 151 Å². The molecule has 31 heteroatoms. The number of methoxy groups -OCH3 is 3. The zero-order chi connectivity index (χ0) is 61.4. The third-order valence-corrected chi connectivity index (χ3v) is 11.8. The quantitative estimate of drug-likeness (QED) is 0.0199. The molecule has 11 atom stereocenters. The average Bonchev–Trinajstić information content (AvgIpc) is 3.47. The van der Waals surface area contributed by atoms with Crippen molar-refractivity contribution in [2.24, 2.45) is 17.3 Å². The van der Waals surface area contributed by atoms with E-state index in [1.807, 2.05) is 6.92 Å². The van der Waals surface area contributed by atoms with E-state index in [2.05, 4.69) is 16.0 Å². The molecule has 0 aliphatic heterocycles. The molecule has 82 heavy (non-hydrogen) atoms. The predicted octanol–water partition coefficient (Wildman–Crippen LogP) is -5.64. The number of ether oxygens (including phenoxy) is 15. The fourth-order valence-corrected chi connectivity index (χ4v) is 6.77. The van der Waals surface area contributed by atoms with Crippen LogP contribution in [0.4, 0.5) is 0 Å².